The normalized spacial score (nSPS) is 20.9. The Labute approximate surface area is 86.0 Å². The number of ether oxygens (including phenoxy) is 1. The predicted molar refractivity (Wildman–Crippen MR) is 56.6 cm³/mol. The Morgan fingerprint density at radius 3 is 2.43 bits per heavy atom. The number of esters is 1. The lowest BCUT2D eigenvalue weighted by Gasteiger charge is -2.23. The zero-order chi connectivity index (χ0) is 10.6. The molecule has 1 saturated carbocycles. The summed E-state index contributed by atoms with van der Waals surface area (Å²) in [6.07, 6.45) is 5.20. The van der Waals surface area contributed by atoms with Crippen molar-refractivity contribution in [2.45, 2.75) is 44.1 Å². The molecule has 1 fully saturated rings. The van der Waals surface area contributed by atoms with Crippen molar-refractivity contribution in [3.63, 3.8) is 0 Å². The lowest BCUT2D eigenvalue weighted by molar-refractivity contribution is -0.153. The summed E-state index contributed by atoms with van der Waals surface area (Å²) in [5.74, 6) is -2.04. The number of rotatable bonds is 3. The molecular formula is C10H18FO2P. The van der Waals surface area contributed by atoms with E-state index < -0.39 is 19.8 Å². The van der Waals surface area contributed by atoms with E-state index >= 15 is 0 Å². The summed E-state index contributed by atoms with van der Waals surface area (Å²) >= 11 is 0. The fourth-order valence-corrected chi connectivity index (χ4v) is 2.10. The first-order chi connectivity index (χ1) is 6.61. The summed E-state index contributed by atoms with van der Waals surface area (Å²) in [6, 6.07) is 0. The van der Waals surface area contributed by atoms with Crippen molar-refractivity contribution in [3.8, 4) is 0 Å². The highest BCUT2D eigenvalue weighted by atomic mass is 31.1. The van der Waals surface area contributed by atoms with E-state index in [1.54, 1.807) is 13.3 Å². The van der Waals surface area contributed by atoms with E-state index in [2.05, 4.69) is 0 Å². The summed E-state index contributed by atoms with van der Waals surface area (Å²) in [5.41, 5.74) is 0. The fraction of sp³-hybridized carbons (Fsp3) is 0.900. The predicted octanol–water partition coefficient (Wildman–Crippen LogP) is 2.90. The van der Waals surface area contributed by atoms with Crippen molar-refractivity contribution in [2.75, 3.05) is 13.3 Å². The molecular weight excluding hydrogens is 202 g/mol. The standard InChI is InChI=1S/C10H18FO2P/c1-14(2)9(11)10(12)13-8-6-4-3-5-7-8/h8-9H,3-7H2,1-2H3. The number of alkyl halides is 1. The minimum atomic E-state index is -1.40. The molecule has 2 nitrogen and oxygen atoms in total. The van der Waals surface area contributed by atoms with Gasteiger partial charge in [-0.3, -0.25) is 0 Å². The molecule has 0 aromatic rings. The van der Waals surface area contributed by atoms with Crippen molar-refractivity contribution in [3.05, 3.63) is 0 Å². The summed E-state index contributed by atoms with van der Waals surface area (Å²) in [7, 11) is -0.869. The van der Waals surface area contributed by atoms with Crippen LogP contribution in [0.4, 0.5) is 4.39 Å². The van der Waals surface area contributed by atoms with Crippen LogP contribution in [0.5, 0.6) is 0 Å². The zero-order valence-electron chi connectivity index (χ0n) is 8.83. The highest BCUT2D eigenvalue weighted by molar-refractivity contribution is 7.57. The molecule has 1 aliphatic carbocycles. The van der Waals surface area contributed by atoms with Crippen LogP contribution in [0.25, 0.3) is 0 Å². The van der Waals surface area contributed by atoms with Gasteiger partial charge in [-0.25, -0.2) is 9.18 Å². The number of halogens is 1. The quantitative estimate of drug-likeness (QED) is 0.540. The van der Waals surface area contributed by atoms with Crippen LogP contribution in [0.15, 0.2) is 0 Å². The smallest absolute Gasteiger partial charge is 0.345 e. The van der Waals surface area contributed by atoms with Gasteiger partial charge in [0.25, 0.3) is 0 Å². The van der Waals surface area contributed by atoms with Crippen LogP contribution in [-0.4, -0.2) is 31.3 Å². The minimum Gasteiger partial charge on any atom is -0.460 e. The molecule has 0 aromatic carbocycles. The van der Waals surface area contributed by atoms with Crippen LogP contribution >= 0.6 is 7.92 Å². The highest BCUT2D eigenvalue weighted by Gasteiger charge is 2.26. The Kier molecular flexibility index (Phi) is 4.80. The number of hydrogen-bond donors (Lipinski definition) is 0. The van der Waals surface area contributed by atoms with Gasteiger partial charge in [0.1, 0.15) is 6.10 Å². The Balaban J connectivity index is 2.31. The third-order valence-corrected chi connectivity index (χ3v) is 3.60. The molecule has 14 heavy (non-hydrogen) atoms. The molecule has 0 N–H and O–H groups in total. The van der Waals surface area contributed by atoms with Crippen molar-refractivity contribution in [2.24, 2.45) is 0 Å². The van der Waals surface area contributed by atoms with Gasteiger partial charge < -0.3 is 4.74 Å². The molecule has 0 spiro atoms. The molecule has 4 heteroatoms. The minimum absolute atomic E-state index is 0.0237. The van der Waals surface area contributed by atoms with Gasteiger partial charge in [-0.05, 0) is 39.0 Å². The van der Waals surface area contributed by atoms with Crippen LogP contribution in [-0.2, 0) is 9.53 Å². The lowest BCUT2D eigenvalue weighted by atomic mass is 9.98. The van der Waals surface area contributed by atoms with Crippen LogP contribution in [0, 0.1) is 0 Å². The van der Waals surface area contributed by atoms with Crippen molar-refractivity contribution in [1.82, 2.24) is 0 Å². The van der Waals surface area contributed by atoms with Gasteiger partial charge in [-0.15, -0.1) is 0 Å². The van der Waals surface area contributed by atoms with Crippen molar-refractivity contribution >= 4 is 13.9 Å². The van der Waals surface area contributed by atoms with E-state index in [0.29, 0.717) is 0 Å². The second-order valence-electron chi connectivity index (χ2n) is 4.00. The van der Waals surface area contributed by atoms with Gasteiger partial charge in [-0.1, -0.05) is 14.3 Å². The fourth-order valence-electron chi connectivity index (χ4n) is 1.61. The summed E-state index contributed by atoms with van der Waals surface area (Å²) in [6.45, 7) is 3.50. The number of carbonyl (C=O) groups excluding carboxylic acids is 1. The Bertz CT molecular complexity index is 191. The monoisotopic (exact) mass is 220 g/mol. The molecule has 0 bridgehead atoms. The molecule has 0 saturated heterocycles. The van der Waals surface area contributed by atoms with Crippen molar-refractivity contribution in [1.29, 1.82) is 0 Å². The van der Waals surface area contributed by atoms with Gasteiger partial charge in [0.15, 0.2) is 0 Å². The lowest BCUT2D eigenvalue weighted by Crippen LogP contribution is -2.25. The average Bonchev–Trinajstić information content (AvgIpc) is 2.18. The first kappa shape index (κ1) is 11.9. The molecule has 0 aliphatic heterocycles. The molecule has 1 atom stereocenters. The summed E-state index contributed by atoms with van der Waals surface area (Å²) < 4.78 is 18.3. The van der Waals surface area contributed by atoms with E-state index in [1.807, 2.05) is 0 Å². The van der Waals surface area contributed by atoms with Gasteiger partial charge in [0.05, 0.1) is 0 Å². The van der Waals surface area contributed by atoms with E-state index in [-0.39, 0.29) is 6.10 Å². The summed E-state index contributed by atoms with van der Waals surface area (Å²) in [5, 5.41) is 0. The van der Waals surface area contributed by atoms with Crippen LogP contribution in [0.1, 0.15) is 32.1 Å². The van der Waals surface area contributed by atoms with Crippen LogP contribution < -0.4 is 0 Å². The van der Waals surface area contributed by atoms with E-state index in [9.17, 15) is 9.18 Å². The van der Waals surface area contributed by atoms with Crippen molar-refractivity contribution < 1.29 is 13.9 Å². The van der Waals surface area contributed by atoms with Gasteiger partial charge in [0.2, 0.25) is 5.91 Å². The van der Waals surface area contributed by atoms with E-state index in [4.69, 9.17) is 4.74 Å². The van der Waals surface area contributed by atoms with E-state index in [0.717, 1.165) is 25.7 Å². The first-order valence-electron chi connectivity index (χ1n) is 5.12. The second-order valence-corrected chi connectivity index (χ2v) is 6.38. The van der Waals surface area contributed by atoms with E-state index in [1.165, 1.54) is 6.42 Å². The van der Waals surface area contributed by atoms with Crippen LogP contribution in [0.3, 0.4) is 0 Å². The SMILES string of the molecule is CP(C)C(F)C(=O)OC1CCCCC1. The Hall–Kier alpha value is -0.170. The van der Waals surface area contributed by atoms with Crippen LogP contribution in [0.2, 0.25) is 0 Å². The topological polar surface area (TPSA) is 26.3 Å². The maximum absolute atomic E-state index is 13.2. The maximum atomic E-state index is 13.2. The second kappa shape index (κ2) is 5.65. The molecule has 1 aliphatic rings. The Morgan fingerprint density at radius 2 is 1.93 bits per heavy atom. The maximum Gasteiger partial charge on any atom is 0.345 e. The average molecular weight is 220 g/mol. The Morgan fingerprint density at radius 1 is 1.36 bits per heavy atom. The summed E-state index contributed by atoms with van der Waals surface area (Å²) in [4.78, 5) is 11.3. The van der Waals surface area contributed by atoms with Gasteiger partial charge in [0, 0.05) is 0 Å². The van der Waals surface area contributed by atoms with Gasteiger partial charge >= 0.3 is 5.97 Å². The molecule has 82 valence electrons. The molecule has 0 amide bonds. The molecule has 0 heterocycles. The molecule has 0 aromatic heterocycles. The largest absolute Gasteiger partial charge is 0.460 e. The zero-order valence-corrected chi connectivity index (χ0v) is 9.73. The molecule has 1 unspecified atom stereocenters. The first-order valence-corrected chi connectivity index (χ1v) is 7.43. The highest BCUT2D eigenvalue weighted by Crippen LogP contribution is 2.34. The third-order valence-electron chi connectivity index (χ3n) is 2.48. The number of hydrogen-bond acceptors (Lipinski definition) is 2. The molecule has 1 rings (SSSR count). The third kappa shape index (κ3) is 3.53. The van der Waals surface area contributed by atoms with Gasteiger partial charge in [-0.2, -0.15) is 0 Å². The number of carbonyl (C=O) groups is 1. The molecule has 0 radical (unpaired) electrons.